The number of hydrogen-bond acceptors (Lipinski definition) is 7. The second-order valence-electron chi connectivity index (χ2n) is 4.01. The molecule has 1 heterocycles. The van der Waals surface area contributed by atoms with Gasteiger partial charge in [-0.3, -0.25) is 0 Å². The van der Waals surface area contributed by atoms with Gasteiger partial charge < -0.3 is 27.8 Å². The Morgan fingerprint density at radius 3 is 1.96 bits per heavy atom. The molecule has 1 aromatic carbocycles. The lowest BCUT2D eigenvalue weighted by molar-refractivity contribution is 1.03. The number of nitrogen functional groups attached to an aromatic ring is 3. The molecule has 0 spiro atoms. The maximum absolute atomic E-state index is 5.61. The lowest BCUT2D eigenvalue weighted by atomic mass is 10.3. The second kappa shape index (κ2) is 13.0. The van der Waals surface area contributed by atoms with Crippen molar-refractivity contribution in [3.8, 4) is 0 Å². The van der Waals surface area contributed by atoms with Gasteiger partial charge in [-0.25, -0.2) is 4.98 Å². The average Bonchev–Trinajstić information content (AvgIpc) is 2.41. The third-order valence-electron chi connectivity index (χ3n) is 2.50. The van der Waals surface area contributed by atoms with Crippen LogP contribution in [0.3, 0.4) is 0 Å². The molecule has 8 N–H and O–H groups in total. The molecule has 0 saturated heterocycles. The molecule has 0 amide bonds. The van der Waals surface area contributed by atoms with Crippen LogP contribution in [0.2, 0.25) is 0 Å². The van der Waals surface area contributed by atoms with E-state index >= 15 is 0 Å². The first-order valence-electron chi connectivity index (χ1n) is 5.86. The van der Waals surface area contributed by atoms with Gasteiger partial charge in [0.1, 0.15) is 0 Å². The molecule has 0 aliphatic heterocycles. The van der Waals surface area contributed by atoms with Crippen molar-refractivity contribution in [1.29, 1.82) is 0 Å². The van der Waals surface area contributed by atoms with E-state index < -0.39 is 0 Å². The van der Waals surface area contributed by atoms with Gasteiger partial charge in [-0.15, -0.1) is 49.6 Å². The van der Waals surface area contributed by atoms with Gasteiger partial charge in [-0.05, 0) is 24.3 Å². The molecular weight excluding hydrogens is 384 g/mol. The first-order valence-corrected chi connectivity index (χ1v) is 5.86. The number of aromatic nitrogens is 2. The van der Waals surface area contributed by atoms with Crippen molar-refractivity contribution >= 4 is 78.5 Å². The van der Waals surface area contributed by atoms with Crippen molar-refractivity contribution in [3.05, 3.63) is 30.5 Å². The zero-order valence-corrected chi connectivity index (χ0v) is 15.3. The van der Waals surface area contributed by atoms with E-state index in [0.29, 0.717) is 18.2 Å². The van der Waals surface area contributed by atoms with Crippen molar-refractivity contribution in [2.45, 2.75) is 0 Å². The predicted molar refractivity (Wildman–Crippen MR) is 108 cm³/mol. The summed E-state index contributed by atoms with van der Waals surface area (Å²) in [6.45, 7) is 1.38. The Morgan fingerprint density at radius 2 is 1.39 bits per heavy atom. The number of nitrogens with one attached hydrogen (secondary N) is 2. The molecule has 0 unspecified atom stereocenters. The van der Waals surface area contributed by atoms with Gasteiger partial charge in [-0.1, -0.05) is 0 Å². The summed E-state index contributed by atoms with van der Waals surface area (Å²) in [6, 6.07) is 7.54. The number of hydrogen-bond donors (Lipinski definition) is 5. The standard InChI is InChI=1S/C12H17N7.4ClH/c13-8-1-3-9(4-2-8)16-5-6-17-12-18-7-10(14)11(15)19-12;;;;/h1-4,7,16H,5-6,13-14H2,(H3,15,17,18,19);4*1H. The zero-order chi connectivity index (χ0) is 13.7. The van der Waals surface area contributed by atoms with Gasteiger partial charge >= 0.3 is 0 Å². The molecule has 11 heteroatoms. The van der Waals surface area contributed by atoms with Crippen LogP contribution >= 0.6 is 49.6 Å². The molecule has 0 radical (unpaired) electrons. The van der Waals surface area contributed by atoms with E-state index in [1.165, 1.54) is 6.20 Å². The molecule has 23 heavy (non-hydrogen) atoms. The number of benzene rings is 1. The Bertz CT molecular complexity index is 554. The first kappa shape index (κ1) is 26.4. The largest absolute Gasteiger partial charge is 0.399 e. The fraction of sp³-hybridized carbons (Fsp3) is 0.167. The molecular formula is C12H21Cl4N7. The highest BCUT2D eigenvalue weighted by Gasteiger charge is 1.99. The quantitative estimate of drug-likeness (QED) is 0.382. The van der Waals surface area contributed by atoms with Crippen LogP contribution in [0.15, 0.2) is 30.5 Å². The van der Waals surface area contributed by atoms with E-state index in [0.717, 1.165) is 17.9 Å². The molecule has 0 aliphatic rings. The van der Waals surface area contributed by atoms with Gasteiger partial charge in [-0.2, -0.15) is 4.98 Å². The Morgan fingerprint density at radius 1 is 0.826 bits per heavy atom. The van der Waals surface area contributed by atoms with E-state index in [1.54, 1.807) is 0 Å². The topological polar surface area (TPSA) is 128 Å². The van der Waals surface area contributed by atoms with E-state index in [9.17, 15) is 0 Å². The summed E-state index contributed by atoms with van der Waals surface area (Å²) in [5, 5.41) is 6.29. The lowest BCUT2D eigenvalue weighted by Crippen LogP contribution is -2.15. The van der Waals surface area contributed by atoms with Gasteiger partial charge in [0.2, 0.25) is 5.95 Å². The minimum Gasteiger partial charge on any atom is -0.399 e. The summed E-state index contributed by atoms with van der Waals surface area (Å²) < 4.78 is 0. The Kier molecular flexibility index (Phi) is 14.8. The molecule has 0 bridgehead atoms. The van der Waals surface area contributed by atoms with Crippen LogP contribution in [0.25, 0.3) is 0 Å². The molecule has 0 aliphatic carbocycles. The smallest absolute Gasteiger partial charge is 0.224 e. The monoisotopic (exact) mass is 403 g/mol. The molecule has 2 aromatic rings. The SMILES string of the molecule is Cl.Cl.Cl.Cl.Nc1ccc(NCCNc2ncc(N)c(N)n2)cc1. The Hall–Kier alpha value is -1.54. The fourth-order valence-corrected chi connectivity index (χ4v) is 1.47. The molecule has 1 aromatic heterocycles. The first-order chi connectivity index (χ1) is 9.15. The molecule has 0 saturated carbocycles. The van der Waals surface area contributed by atoms with Crippen LogP contribution < -0.4 is 27.8 Å². The number of nitrogens with two attached hydrogens (primary N) is 3. The van der Waals surface area contributed by atoms with Crippen molar-refractivity contribution in [1.82, 2.24) is 9.97 Å². The summed E-state index contributed by atoms with van der Waals surface area (Å²) in [4.78, 5) is 8.04. The minimum atomic E-state index is 0. The fourth-order valence-electron chi connectivity index (χ4n) is 1.47. The van der Waals surface area contributed by atoms with Gasteiger partial charge in [0, 0.05) is 24.5 Å². The van der Waals surface area contributed by atoms with Crippen LogP contribution in [0.4, 0.5) is 28.8 Å². The third kappa shape index (κ3) is 8.61. The van der Waals surface area contributed by atoms with Crippen LogP contribution in [-0.4, -0.2) is 23.1 Å². The highest BCUT2D eigenvalue weighted by molar-refractivity contribution is 5.86. The molecule has 132 valence electrons. The van der Waals surface area contributed by atoms with E-state index in [2.05, 4.69) is 20.6 Å². The summed E-state index contributed by atoms with van der Waals surface area (Å²) in [5.41, 5.74) is 18.9. The van der Waals surface area contributed by atoms with E-state index in [-0.39, 0.29) is 55.4 Å². The van der Waals surface area contributed by atoms with E-state index in [4.69, 9.17) is 17.2 Å². The highest BCUT2D eigenvalue weighted by atomic mass is 35.5. The number of rotatable bonds is 5. The second-order valence-corrected chi connectivity index (χ2v) is 4.01. The Labute approximate surface area is 159 Å². The number of anilines is 5. The van der Waals surface area contributed by atoms with Gasteiger partial charge in [0.15, 0.2) is 5.82 Å². The third-order valence-corrected chi connectivity index (χ3v) is 2.50. The normalized spacial score (nSPS) is 8.35. The van der Waals surface area contributed by atoms with Crippen molar-refractivity contribution < 1.29 is 0 Å². The highest BCUT2D eigenvalue weighted by Crippen LogP contribution is 2.11. The van der Waals surface area contributed by atoms with Crippen LogP contribution in [-0.2, 0) is 0 Å². The average molecular weight is 405 g/mol. The summed E-state index contributed by atoms with van der Waals surface area (Å²) in [6.07, 6.45) is 1.48. The minimum absolute atomic E-state index is 0. The number of nitrogens with zero attached hydrogens (tertiary/aromatic N) is 2. The molecule has 0 fully saturated rings. The maximum atomic E-state index is 5.61. The predicted octanol–water partition coefficient (Wildman–Crippen LogP) is 2.43. The van der Waals surface area contributed by atoms with Crippen LogP contribution in [0, 0.1) is 0 Å². The lowest BCUT2D eigenvalue weighted by Gasteiger charge is -2.08. The van der Waals surface area contributed by atoms with Crippen molar-refractivity contribution in [2.75, 3.05) is 40.9 Å². The van der Waals surface area contributed by atoms with Crippen LogP contribution in [0.1, 0.15) is 0 Å². The van der Waals surface area contributed by atoms with E-state index in [1.807, 2.05) is 24.3 Å². The zero-order valence-electron chi connectivity index (χ0n) is 12.1. The van der Waals surface area contributed by atoms with Gasteiger partial charge in [0.25, 0.3) is 0 Å². The Balaban J connectivity index is -0.000001000. The maximum Gasteiger partial charge on any atom is 0.224 e. The van der Waals surface area contributed by atoms with Crippen molar-refractivity contribution in [2.24, 2.45) is 0 Å². The van der Waals surface area contributed by atoms with Crippen LogP contribution in [0.5, 0.6) is 0 Å². The summed E-state index contributed by atoms with van der Waals surface area (Å²) >= 11 is 0. The van der Waals surface area contributed by atoms with Crippen molar-refractivity contribution in [3.63, 3.8) is 0 Å². The van der Waals surface area contributed by atoms with Gasteiger partial charge in [0.05, 0.1) is 11.9 Å². The molecule has 7 nitrogen and oxygen atoms in total. The summed E-state index contributed by atoms with van der Waals surface area (Å²) in [7, 11) is 0. The molecule has 0 atom stereocenters. The molecule has 2 rings (SSSR count). The number of halogens is 4. The summed E-state index contributed by atoms with van der Waals surface area (Å²) in [5.74, 6) is 0.745.